The number of carbonyl (C=O) groups excluding carboxylic acids is 2. The van der Waals surface area contributed by atoms with Crippen LogP contribution >= 0.6 is 0 Å². The molecule has 11 heteroatoms. The molecular formula is C23H19N3O7S. The van der Waals surface area contributed by atoms with Crippen molar-refractivity contribution < 1.29 is 27.7 Å². The lowest BCUT2D eigenvalue weighted by Gasteiger charge is -2.08. The summed E-state index contributed by atoms with van der Waals surface area (Å²) in [6.45, 7) is -0.663. The Morgan fingerprint density at radius 1 is 0.941 bits per heavy atom. The minimum absolute atomic E-state index is 0.0218. The highest BCUT2D eigenvalue weighted by Crippen LogP contribution is 2.23. The van der Waals surface area contributed by atoms with Gasteiger partial charge in [-0.2, -0.15) is 0 Å². The molecule has 0 aliphatic heterocycles. The maximum atomic E-state index is 12.2. The van der Waals surface area contributed by atoms with E-state index < -0.39 is 33.4 Å². The summed E-state index contributed by atoms with van der Waals surface area (Å²) in [7, 11) is -3.77. The minimum Gasteiger partial charge on any atom is -0.452 e. The second-order valence-corrected chi connectivity index (χ2v) is 8.40. The number of amides is 1. The number of anilines is 2. The van der Waals surface area contributed by atoms with Gasteiger partial charge in [0.1, 0.15) is 5.69 Å². The predicted molar refractivity (Wildman–Crippen MR) is 126 cm³/mol. The first kappa shape index (κ1) is 24.1. The highest BCUT2D eigenvalue weighted by molar-refractivity contribution is 7.95. The van der Waals surface area contributed by atoms with E-state index in [2.05, 4.69) is 10.0 Å². The smallest absolute Gasteiger partial charge is 0.338 e. The monoisotopic (exact) mass is 481 g/mol. The second kappa shape index (κ2) is 10.9. The fourth-order valence-electron chi connectivity index (χ4n) is 2.74. The highest BCUT2D eigenvalue weighted by atomic mass is 32.2. The van der Waals surface area contributed by atoms with Gasteiger partial charge in [-0.25, -0.2) is 13.2 Å². The van der Waals surface area contributed by atoms with Crippen molar-refractivity contribution in [1.82, 2.24) is 0 Å². The predicted octanol–water partition coefficient (Wildman–Crippen LogP) is 3.80. The Morgan fingerprint density at radius 2 is 1.59 bits per heavy atom. The summed E-state index contributed by atoms with van der Waals surface area (Å²) in [5, 5.41) is 14.3. The third-order valence-electron chi connectivity index (χ3n) is 4.33. The number of ether oxygens (including phenoxy) is 1. The van der Waals surface area contributed by atoms with Gasteiger partial charge in [0.05, 0.1) is 15.9 Å². The number of carbonyl (C=O) groups is 2. The zero-order valence-corrected chi connectivity index (χ0v) is 18.4. The average Bonchev–Trinajstić information content (AvgIpc) is 2.82. The van der Waals surface area contributed by atoms with Crippen LogP contribution in [0.15, 0.2) is 84.3 Å². The van der Waals surface area contributed by atoms with Crippen molar-refractivity contribution in [3.8, 4) is 0 Å². The van der Waals surface area contributed by atoms with E-state index in [0.717, 1.165) is 11.0 Å². The standard InChI is InChI=1S/C23H19N3O7S/c27-22(24-20-8-4-5-9-21(20)26(29)30)16-33-23(28)18-10-12-19(13-11-18)25-34(31,32)15-14-17-6-2-1-3-7-17/h1-15,25H,16H2,(H,24,27)/b15-14+. The molecule has 3 rings (SSSR count). The third kappa shape index (κ3) is 7.00. The van der Waals surface area contributed by atoms with E-state index in [1.54, 1.807) is 24.3 Å². The number of nitrogens with one attached hydrogen (secondary N) is 2. The highest BCUT2D eigenvalue weighted by Gasteiger charge is 2.16. The summed E-state index contributed by atoms with van der Waals surface area (Å²) < 4.78 is 31.7. The van der Waals surface area contributed by atoms with Crippen LogP contribution in [0.3, 0.4) is 0 Å². The summed E-state index contributed by atoms with van der Waals surface area (Å²) in [6.07, 6.45) is 1.45. The van der Waals surface area contributed by atoms with Crippen LogP contribution < -0.4 is 10.0 Å². The average molecular weight is 481 g/mol. The zero-order valence-electron chi connectivity index (χ0n) is 17.6. The van der Waals surface area contributed by atoms with Gasteiger partial charge < -0.3 is 10.1 Å². The van der Waals surface area contributed by atoms with Gasteiger partial charge >= 0.3 is 5.97 Å². The molecule has 1 amide bonds. The molecule has 0 radical (unpaired) electrons. The molecule has 174 valence electrons. The lowest BCUT2D eigenvalue weighted by atomic mass is 10.2. The largest absolute Gasteiger partial charge is 0.452 e. The van der Waals surface area contributed by atoms with Crippen LogP contribution in [0, 0.1) is 10.1 Å². The quantitative estimate of drug-likeness (QED) is 0.269. The molecule has 0 aliphatic rings. The lowest BCUT2D eigenvalue weighted by molar-refractivity contribution is -0.383. The van der Waals surface area contributed by atoms with Gasteiger partial charge in [0.15, 0.2) is 6.61 Å². The van der Waals surface area contributed by atoms with Crippen molar-refractivity contribution in [2.45, 2.75) is 0 Å². The molecule has 0 spiro atoms. The van der Waals surface area contributed by atoms with Gasteiger partial charge in [-0.1, -0.05) is 42.5 Å². The molecule has 34 heavy (non-hydrogen) atoms. The van der Waals surface area contributed by atoms with Gasteiger partial charge in [-0.15, -0.1) is 0 Å². The van der Waals surface area contributed by atoms with Crippen LogP contribution in [0.25, 0.3) is 6.08 Å². The van der Waals surface area contributed by atoms with Crippen LogP contribution in [0.2, 0.25) is 0 Å². The first-order chi connectivity index (χ1) is 16.2. The Morgan fingerprint density at radius 3 is 2.26 bits per heavy atom. The molecule has 3 aromatic carbocycles. The molecule has 0 aliphatic carbocycles. The van der Waals surface area contributed by atoms with E-state index in [1.165, 1.54) is 54.6 Å². The summed E-state index contributed by atoms with van der Waals surface area (Å²) in [6, 6.07) is 19.9. The second-order valence-electron chi connectivity index (χ2n) is 6.84. The van der Waals surface area contributed by atoms with Crippen molar-refractivity contribution in [1.29, 1.82) is 0 Å². The lowest BCUT2D eigenvalue weighted by Crippen LogP contribution is -2.21. The summed E-state index contributed by atoms with van der Waals surface area (Å²) >= 11 is 0. The Hall–Kier alpha value is -4.51. The van der Waals surface area contributed by atoms with Crippen molar-refractivity contribution in [2.75, 3.05) is 16.6 Å². The number of benzene rings is 3. The van der Waals surface area contributed by atoms with E-state index in [-0.39, 0.29) is 22.6 Å². The maximum absolute atomic E-state index is 12.2. The number of hydrogen-bond acceptors (Lipinski definition) is 7. The third-order valence-corrected chi connectivity index (χ3v) is 5.34. The number of nitrogens with zero attached hydrogens (tertiary/aromatic N) is 1. The topological polar surface area (TPSA) is 145 Å². The van der Waals surface area contributed by atoms with Gasteiger partial charge in [0.2, 0.25) is 0 Å². The first-order valence-electron chi connectivity index (χ1n) is 9.80. The molecule has 10 nitrogen and oxygen atoms in total. The molecule has 3 aromatic rings. The number of rotatable bonds is 9. The van der Waals surface area contributed by atoms with E-state index >= 15 is 0 Å². The van der Waals surface area contributed by atoms with Gasteiger partial charge in [0, 0.05) is 11.8 Å². The molecule has 0 unspecified atom stereocenters. The SMILES string of the molecule is O=C(COC(=O)c1ccc(NS(=O)(=O)/C=C/c2ccccc2)cc1)Nc1ccccc1[N+](=O)[O-]. The van der Waals surface area contributed by atoms with Crippen molar-refractivity contribution in [3.63, 3.8) is 0 Å². The van der Waals surface area contributed by atoms with Crippen molar-refractivity contribution >= 4 is 45.0 Å². The number of hydrogen-bond donors (Lipinski definition) is 2. The number of esters is 1. The van der Waals surface area contributed by atoms with E-state index in [0.29, 0.717) is 0 Å². The molecular weight excluding hydrogens is 462 g/mol. The molecule has 0 saturated heterocycles. The fourth-order valence-corrected chi connectivity index (χ4v) is 3.61. The Bertz CT molecular complexity index is 1320. The first-order valence-corrected chi connectivity index (χ1v) is 11.3. The van der Waals surface area contributed by atoms with Crippen LogP contribution in [0.5, 0.6) is 0 Å². The number of para-hydroxylation sites is 2. The Kier molecular flexibility index (Phi) is 7.72. The van der Waals surface area contributed by atoms with Crippen LogP contribution in [-0.4, -0.2) is 31.8 Å². The van der Waals surface area contributed by atoms with Crippen LogP contribution in [0.4, 0.5) is 17.1 Å². The number of nitro groups is 1. The molecule has 0 bridgehead atoms. The van der Waals surface area contributed by atoms with Gasteiger partial charge in [-0.05, 0) is 42.0 Å². The van der Waals surface area contributed by atoms with Gasteiger partial charge in [-0.3, -0.25) is 19.6 Å². The van der Waals surface area contributed by atoms with Crippen LogP contribution in [0.1, 0.15) is 15.9 Å². The zero-order chi connectivity index (χ0) is 24.6. The van der Waals surface area contributed by atoms with Crippen molar-refractivity contribution in [3.05, 3.63) is 106 Å². The molecule has 0 saturated carbocycles. The number of nitro benzene ring substituents is 1. The Labute approximate surface area is 195 Å². The molecule has 0 heterocycles. The molecule has 2 N–H and O–H groups in total. The Balaban J connectivity index is 1.54. The van der Waals surface area contributed by atoms with E-state index in [4.69, 9.17) is 4.74 Å². The summed E-state index contributed by atoms with van der Waals surface area (Å²) in [5.74, 6) is -1.58. The van der Waals surface area contributed by atoms with Crippen molar-refractivity contribution in [2.24, 2.45) is 0 Å². The molecule has 0 aromatic heterocycles. The normalized spacial score (nSPS) is 11.1. The minimum atomic E-state index is -3.77. The maximum Gasteiger partial charge on any atom is 0.338 e. The number of sulfonamides is 1. The molecule has 0 atom stereocenters. The van der Waals surface area contributed by atoms with Crippen LogP contribution in [-0.2, 0) is 19.6 Å². The van der Waals surface area contributed by atoms with Gasteiger partial charge in [0.25, 0.3) is 21.6 Å². The fraction of sp³-hybridized carbons (Fsp3) is 0.0435. The van der Waals surface area contributed by atoms with E-state index in [9.17, 15) is 28.1 Å². The summed E-state index contributed by atoms with van der Waals surface area (Å²) in [5.41, 5.74) is 0.715. The summed E-state index contributed by atoms with van der Waals surface area (Å²) in [4.78, 5) is 34.5. The molecule has 0 fully saturated rings. The van der Waals surface area contributed by atoms with E-state index in [1.807, 2.05) is 6.07 Å².